The van der Waals surface area contributed by atoms with Crippen LogP contribution in [-0.4, -0.2) is 111 Å². The molecule has 0 radical (unpaired) electrons. The Kier molecular flexibility index (Phi) is 11.3. The van der Waals surface area contributed by atoms with E-state index in [-0.39, 0.29) is 40.5 Å². The van der Waals surface area contributed by atoms with Gasteiger partial charge in [0.05, 0.1) is 22.2 Å². The van der Waals surface area contributed by atoms with Gasteiger partial charge in [-0.05, 0) is 89.8 Å². The number of piperidine rings is 2. The van der Waals surface area contributed by atoms with Crippen LogP contribution in [0, 0.1) is 25.6 Å². The Balaban J connectivity index is 0.00000139. The summed E-state index contributed by atoms with van der Waals surface area (Å²) < 4.78 is 42.0. The van der Waals surface area contributed by atoms with Crippen molar-refractivity contribution in [2.24, 2.45) is 5.92 Å². The summed E-state index contributed by atoms with van der Waals surface area (Å²) in [5.74, 6) is 0.0544. The number of piperazine rings is 1. The Morgan fingerprint density at radius 2 is 1.66 bits per heavy atom. The largest absolute Gasteiger partial charge is 0.753 e. The van der Waals surface area contributed by atoms with Gasteiger partial charge in [0.2, 0.25) is 10.0 Å². The molecule has 1 saturated carbocycles. The fourth-order valence-corrected chi connectivity index (χ4v) is 9.76. The van der Waals surface area contributed by atoms with E-state index >= 15 is 0 Å². The van der Waals surface area contributed by atoms with E-state index in [1.165, 1.54) is 17.6 Å². The van der Waals surface area contributed by atoms with Crippen molar-refractivity contribution in [3.05, 3.63) is 64.3 Å². The van der Waals surface area contributed by atoms with Crippen LogP contribution in [0.15, 0.2) is 30.6 Å². The molecule has 4 aliphatic rings. The lowest BCUT2D eigenvalue weighted by molar-refractivity contribution is -0.0422. The molecule has 3 aliphatic heterocycles. The SMILES string of the molecule is Cc1ncnc(C)c1C(=O)N1CCC(C)(N2CCN([C@@H](c3cccc(F)c3)C3CCN(S(=O)(=O)C4CC4)CC3)[C@H](C)C2)CC1.[N-]=C=S. The highest BCUT2D eigenvalue weighted by atomic mass is 32.2. The van der Waals surface area contributed by atoms with Crippen molar-refractivity contribution in [3.63, 3.8) is 0 Å². The van der Waals surface area contributed by atoms with E-state index in [2.05, 4.69) is 45.8 Å². The highest BCUT2D eigenvalue weighted by molar-refractivity contribution is 7.90. The van der Waals surface area contributed by atoms with Gasteiger partial charge in [-0.1, -0.05) is 24.4 Å². The van der Waals surface area contributed by atoms with Gasteiger partial charge in [0.1, 0.15) is 12.1 Å². The second-order valence-electron chi connectivity index (χ2n) is 13.8. The van der Waals surface area contributed by atoms with E-state index in [0.717, 1.165) is 75.1 Å². The molecule has 2 atom stereocenters. The zero-order valence-electron chi connectivity index (χ0n) is 27.9. The van der Waals surface area contributed by atoms with Crippen LogP contribution in [0.2, 0.25) is 0 Å². The standard InChI is InChI=1S/C33H47FN6O3S.CNS/c1-23-21-38(33(4)12-16-37(17-13-33)32(41)30-24(2)35-22-36-25(30)3)18-19-40(23)31(27-6-5-7-28(34)20-27)26-10-14-39(15-11-26)44(42,43)29-8-9-29;2-1-3/h5-7,20,22-23,26,29,31H,8-19,21H2,1-4H3;/q;-1/t23-,31-;/m1./s1. The van der Waals surface area contributed by atoms with Crippen LogP contribution >= 0.6 is 12.2 Å². The normalized spacial score (nSPS) is 23.8. The number of nitrogens with zero attached hydrogens (tertiary/aromatic N) is 7. The molecule has 13 heteroatoms. The van der Waals surface area contributed by atoms with Gasteiger partial charge in [-0.15, -0.1) is 0 Å². The van der Waals surface area contributed by atoms with Gasteiger partial charge in [0, 0.05) is 63.4 Å². The summed E-state index contributed by atoms with van der Waals surface area (Å²) >= 11 is 3.70. The average molecular weight is 685 g/mol. The smallest absolute Gasteiger partial charge is 0.257 e. The fraction of sp³-hybridized carbons (Fsp3) is 0.647. The zero-order valence-corrected chi connectivity index (χ0v) is 29.6. The molecule has 3 saturated heterocycles. The maximum Gasteiger partial charge on any atom is 0.257 e. The van der Waals surface area contributed by atoms with Gasteiger partial charge < -0.3 is 10.3 Å². The summed E-state index contributed by atoms with van der Waals surface area (Å²) in [6, 6.07) is 7.29. The third-order valence-electron chi connectivity index (χ3n) is 10.8. The Morgan fingerprint density at radius 3 is 2.21 bits per heavy atom. The molecule has 256 valence electrons. The second kappa shape index (κ2) is 14.8. The average Bonchev–Trinajstić information content (AvgIpc) is 3.90. The van der Waals surface area contributed by atoms with Crippen molar-refractivity contribution in [2.45, 2.75) is 89.1 Å². The first-order valence-electron chi connectivity index (χ1n) is 16.7. The van der Waals surface area contributed by atoms with Gasteiger partial charge in [-0.2, -0.15) is 5.16 Å². The number of amides is 1. The molecule has 10 nitrogen and oxygen atoms in total. The van der Waals surface area contributed by atoms with Crippen LogP contribution in [0.5, 0.6) is 0 Å². The second-order valence-corrected chi connectivity index (χ2v) is 16.2. The summed E-state index contributed by atoms with van der Waals surface area (Å²) in [6.07, 6.45) is 6.45. The van der Waals surface area contributed by atoms with Crippen LogP contribution in [0.25, 0.3) is 5.41 Å². The number of aryl methyl sites for hydroxylation is 2. The van der Waals surface area contributed by atoms with E-state index < -0.39 is 10.0 Å². The number of sulfonamides is 1. The molecule has 4 heterocycles. The third kappa shape index (κ3) is 7.81. The van der Waals surface area contributed by atoms with E-state index in [0.29, 0.717) is 31.7 Å². The van der Waals surface area contributed by atoms with Gasteiger partial charge in [0.15, 0.2) is 0 Å². The molecule has 4 fully saturated rings. The number of likely N-dealkylation sites (tertiary alicyclic amines) is 1. The Hall–Kier alpha value is -2.67. The van der Waals surface area contributed by atoms with Gasteiger partial charge in [-0.25, -0.2) is 27.1 Å². The van der Waals surface area contributed by atoms with Crippen LogP contribution in [0.4, 0.5) is 4.39 Å². The molecule has 2 aromatic rings. The van der Waals surface area contributed by atoms with Crippen LogP contribution in [0.3, 0.4) is 0 Å². The number of aromatic nitrogens is 2. The number of carbonyl (C=O) groups excluding carboxylic acids is 1. The van der Waals surface area contributed by atoms with Crippen LogP contribution in [0.1, 0.15) is 85.7 Å². The van der Waals surface area contributed by atoms with Crippen molar-refractivity contribution in [2.75, 3.05) is 45.8 Å². The number of thiocarbonyl (C=S) groups is 1. The summed E-state index contributed by atoms with van der Waals surface area (Å²) in [5.41, 5.74) is 3.05. The van der Waals surface area contributed by atoms with Crippen molar-refractivity contribution in [1.82, 2.24) is 29.0 Å². The molecule has 1 amide bonds. The highest BCUT2D eigenvalue weighted by Crippen LogP contribution is 2.41. The monoisotopic (exact) mass is 684 g/mol. The predicted octanol–water partition coefficient (Wildman–Crippen LogP) is 4.84. The summed E-state index contributed by atoms with van der Waals surface area (Å²) in [4.78, 5) is 29.0. The Bertz CT molecular complexity index is 1540. The topological polar surface area (TPSA) is 112 Å². The minimum absolute atomic E-state index is 0.00866. The van der Waals surface area contributed by atoms with Crippen molar-refractivity contribution in [1.29, 1.82) is 0 Å². The highest BCUT2D eigenvalue weighted by Gasteiger charge is 2.45. The number of carbonyl (C=O) groups is 1. The lowest BCUT2D eigenvalue weighted by Crippen LogP contribution is -2.63. The molecule has 0 bridgehead atoms. The maximum absolute atomic E-state index is 14.5. The van der Waals surface area contributed by atoms with Crippen LogP contribution < -0.4 is 0 Å². The first kappa shape index (κ1) is 35.6. The molecule has 6 rings (SSSR count). The zero-order chi connectivity index (χ0) is 33.9. The quantitative estimate of drug-likeness (QED) is 0.301. The number of hydrogen-bond acceptors (Lipinski definition) is 8. The molecule has 1 aromatic heterocycles. The Morgan fingerprint density at radius 1 is 1.04 bits per heavy atom. The first-order chi connectivity index (χ1) is 22.4. The molecule has 0 unspecified atom stereocenters. The van der Waals surface area contributed by atoms with Gasteiger partial charge in [0.25, 0.3) is 5.91 Å². The van der Waals surface area contributed by atoms with Crippen molar-refractivity contribution >= 4 is 33.3 Å². The van der Waals surface area contributed by atoms with Gasteiger partial charge >= 0.3 is 0 Å². The van der Waals surface area contributed by atoms with Crippen LogP contribution in [-0.2, 0) is 10.0 Å². The minimum Gasteiger partial charge on any atom is -0.753 e. The summed E-state index contributed by atoms with van der Waals surface area (Å²) in [5, 5.41) is 8.29. The van der Waals surface area contributed by atoms with Crippen molar-refractivity contribution < 1.29 is 17.6 Å². The number of halogens is 1. The summed E-state index contributed by atoms with van der Waals surface area (Å²) in [6.45, 7) is 13.5. The molecule has 1 aromatic carbocycles. The van der Waals surface area contributed by atoms with Crippen molar-refractivity contribution in [3.8, 4) is 0 Å². The van der Waals surface area contributed by atoms with E-state index in [9.17, 15) is 17.6 Å². The van der Waals surface area contributed by atoms with E-state index in [1.54, 1.807) is 16.4 Å². The lowest BCUT2D eigenvalue weighted by Gasteiger charge is -2.54. The molecule has 1 aliphatic carbocycles. The molecule has 47 heavy (non-hydrogen) atoms. The van der Waals surface area contributed by atoms with Gasteiger partial charge in [-0.3, -0.25) is 14.6 Å². The maximum atomic E-state index is 14.5. The Labute approximate surface area is 284 Å². The minimum atomic E-state index is -3.18. The molecule has 0 N–H and O–H groups in total. The number of rotatable bonds is 7. The summed E-state index contributed by atoms with van der Waals surface area (Å²) in [7, 11) is -3.18. The fourth-order valence-electron chi connectivity index (χ4n) is 7.89. The number of hydrogen-bond donors (Lipinski definition) is 0. The number of isothiocyanates is 1. The van der Waals surface area contributed by atoms with E-state index in [1.807, 2.05) is 24.8 Å². The molecular weight excluding hydrogens is 638 g/mol. The molecule has 0 spiro atoms. The first-order valence-corrected chi connectivity index (χ1v) is 18.6. The lowest BCUT2D eigenvalue weighted by atomic mass is 9.82. The van der Waals surface area contributed by atoms with E-state index in [4.69, 9.17) is 5.41 Å². The molecular formula is C34H47FN7O3S2-. The number of benzene rings is 1. The third-order valence-corrected chi connectivity index (χ3v) is 13.2. The predicted molar refractivity (Wildman–Crippen MR) is 184 cm³/mol.